The fourth-order valence-corrected chi connectivity index (χ4v) is 2.36. The summed E-state index contributed by atoms with van der Waals surface area (Å²) in [5.41, 5.74) is 1.18. The zero-order valence-corrected chi connectivity index (χ0v) is 13.0. The third-order valence-electron chi connectivity index (χ3n) is 3.54. The van der Waals surface area contributed by atoms with Crippen molar-refractivity contribution in [2.45, 2.75) is 45.8 Å². The molecule has 100 valence electrons. The summed E-state index contributed by atoms with van der Waals surface area (Å²) in [7, 11) is -2.00. The first kappa shape index (κ1) is 14.8. The molecule has 0 radical (unpaired) electrons. The monoisotopic (exact) mass is 266 g/mol. The van der Waals surface area contributed by atoms with Gasteiger partial charge in [-0.05, 0) is 37.2 Å². The van der Waals surface area contributed by atoms with E-state index in [9.17, 15) is 9.90 Å². The van der Waals surface area contributed by atoms with E-state index in [1.807, 2.05) is 13.0 Å². The smallest absolute Gasteiger partial charge is 0.339 e. The summed E-state index contributed by atoms with van der Waals surface area (Å²) in [4.78, 5) is 11.2. The van der Waals surface area contributed by atoms with Crippen LogP contribution in [0, 0.1) is 6.92 Å². The van der Waals surface area contributed by atoms with Gasteiger partial charge in [-0.15, -0.1) is 0 Å². The summed E-state index contributed by atoms with van der Waals surface area (Å²) in [6, 6.07) is 5.30. The Labute approximate surface area is 110 Å². The third-order valence-corrected chi connectivity index (χ3v) is 7.88. The number of hydrogen-bond donors (Lipinski definition) is 1. The molecule has 0 aliphatic heterocycles. The van der Waals surface area contributed by atoms with Crippen molar-refractivity contribution in [2.75, 3.05) is 0 Å². The van der Waals surface area contributed by atoms with Gasteiger partial charge in [-0.25, -0.2) is 4.79 Å². The Kier molecular flexibility index (Phi) is 3.91. The quantitative estimate of drug-likeness (QED) is 0.839. The summed E-state index contributed by atoms with van der Waals surface area (Å²) in [5.74, 6) is -0.452. The molecule has 0 aromatic heterocycles. The number of carboxylic acids is 1. The van der Waals surface area contributed by atoms with E-state index in [4.69, 9.17) is 4.43 Å². The number of aromatic carboxylic acids is 1. The molecule has 1 N–H and O–H groups in total. The van der Waals surface area contributed by atoms with Crippen molar-refractivity contribution in [1.29, 1.82) is 0 Å². The van der Waals surface area contributed by atoms with Crippen LogP contribution in [-0.2, 0) is 0 Å². The van der Waals surface area contributed by atoms with Gasteiger partial charge in [0.25, 0.3) is 8.32 Å². The molecule has 4 heteroatoms. The van der Waals surface area contributed by atoms with Crippen molar-refractivity contribution in [3.8, 4) is 5.75 Å². The van der Waals surface area contributed by atoms with Gasteiger partial charge in [-0.3, -0.25) is 0 Å². The average Bonchev–Trinajstić information content (AvgIpc) is 2.18. The van der Waals surface area contributed by atoms with Crippen LogP contribution >= 0.6 is 0 Å². The molecule has 1 aromatic carbocycles. The summed E-state index contributed by atoms with van der Waals surface area (Å²) >= 11 is 0. The minimum atomic E-state index is -2.00. The van der Waals surface area contributed by atoms with E-state index in [1.54, 1.807) is 12.1 Å². The minimum Gasteiger partial charge on any atom is -0.543 e. The van der Waals surface area contributed by atoms with E-state index in [2.05, 4.69) is 33.9 Å². The molecule has 0 fully saturated rings. The molecule has 1 rings (SSSR count). The second kappa shape index (κ2) is 4.76. The van der Waals surface area contributed by atoms with Crippen LogP contribution in [0.3, 0.4) is 0 Å². The molecule has 3 nitrogen and oxygen atoms in total. The highest BCUT2D eigenvalue weighted by molar-refractivity contribution is 6.74. The van der Waals surface area contributed by atoms with Crippen molar-refractivity contribution in [3.63, 3.8) is 0 Å². The zero-order chi connectivity index (χ0) is 14.1. The van der Waals surface area contributed by atoms with Gasteiger partial charge in [-0.2, -0.15) is 0 Å². The highest BCUT2D eigenvalue weighted by Gasteiger charge is 2.39. The van der Waals surface area contributed by atoms with Crippen molar-refractivity contribution in [3.05, 3.63) is 29.3 Å². The van der Waals surface area contributed by atoms with Crippen LogP contribution in [0.4, 0.5) is 0 Å². The molecule has 1 aromatic rings. The van der Waals surface area contributed by atoms with Crippen molar-refractivity contribution in [1.82, 2.24) is 0 Å². The molecule has 0 atom stereocenters. The lowest BCUT2D eigenvalue weighted by Gasteiger charge is -2.36. The van der Waals surface area contributed by atoms with Gasteiger partial charge < -0.3 is 9.53 Å². The van der Waals surface area contributed by atoms with E-state index in [0.717, 1.165) is 5.56 Å². The number of carboxylic acid groups (broad SMARTS) is 1. The van der Waals surface area contributed by atoms with Crippen LogP contribution in [0.1, 0.15) is 36.7 Å². The van der Waals surface area contributed by atoms with Crippen LogP contribution in [0.2, 0.25) is 18.1 Å². The third kappa shape index (κ3) is 3.13. The molecule has 0 saturated carbocycles. The number of aryl methyl sites for hydroxylation is 1. The van der Waals surface area contributed by atoms with Gasteiger partial charge in [0.15, 0.2) is 0 Å². The molecule has 0 saturated heterocycles. The fraction of sp³-hybridized carbons (Fsp3) is 0.500. The van der Waals surface area contributed by atoms with E-state index in [-0.39, 0.29) is 10.6 Å². The molecule has 0 unspecified atom stereocenters. The van der Waals surface area contributed by atoms with Gasteiger partial charge in [-0.1, -0.05) is 32.4 Å². The predicted molar refractivity (Wildman–Crippen MR) is 76.0 cm³/mol. The second-order valence-corrected chi connectivity index (χ2v) is 10.9. The second-order valence-electron chi connectivity index (χ2n) is 6.17. The first-order valence-corrected chi connectivity index (χ1v) is 8.98. The Morgan fingerprint density at radius 3 is 2.28 bits per heavy atom. The Balaban J connectivity index is 3.16. The van der Waals surface area contributed by atoms with E-state index in [0.29, 0.717) is 5.75 Å². The molecular weight excluding hydrogens is 244 g/mol. The average molecular weight is 266 g/mol. The molecule has 18 heavy (non-hydrogen) atoms. The maximum absolute atomic E-state index is 11.2. The van der Waals surface area contributed by atoms with Crippen molar-refractivity contribution in [2.24, 2.45) is 0 Å². The molecule has 0 spiro atoms. The molecular formula is C14H22O3Si. The Morgan fingerprint density at radius 2 is 1.83 bits per heavy atom. The van der Waals surface area contributed by atoms with Gasteiger partial charge in [0.1, 0.15) is 11.3 Å². The number of hydrogen-bond acceptors (Lipinski definition) is 2. The Hall–Kier alpha value is -1.29. The Morgan fingerprint density at radius 1 is 1.28 bits per heavy atom. The van der Waals surface area contributed by atoms with Gasteiger partial charge in [0.05, 0.1) is 0 Å². The van der Waals surface area contributed by atoms with Crippen LogP contribution < -0.4 is 4.43 Å². The van der Waals surface area contributed by atoms with E-state index < -0.39 is 14.3 Å². The maximum Gasteiger partial charge on any atom is 0.339 e. The summed E-state index contributed by atoms with van der Waals surface area (Å²) in [6.07, 6.45) is 0. The van der Waals surface area contributed by atoms with E-state index in [1.165, 1.54) is 0 Å². The normalized spacial score (nSPS) is 12.3. The van der Waals surface area contributed by atoms with Crippen molar-refractivity contribution < 1.29 is 14.3 Å². The SMILES string of the molecule is Cc1ccc(O[Si](C)(C)C(C)(C)C)c(C(=O)O)c1. The van der Waals surface area contributed by atoms with Crippen LogP contribution in [0.5, 0.6) is 5.75 Å². The van der Waals surface area contributed by atoms with Gasteiger partial charge in [0.2, 0.25) is 0 Å². The molecule has 0 bridgehead atoms. The Bertz CT molecular complexity index is 459. The number of benzene rings is 1. The summed E-state index contributed by atoms with van der Waals surface area (Å²) in [5, 5.41) is 9.27. The standard InChI is InChI=1S/C14H22O3Si/c1-10-7-8-12(11(9-10)13(15)16)17-18(5,6)14(2,3)4/h7-9H,1-6H3,(H,15,16). The molecule has 0 aliphatic rings. The van der Waals surface area contributed by atoms with Crippen LogP contribution in [-0.4, -0.2) is 19.4 Å². The fourth-order valence-electron chi connectivity index (χ4n) is 1.33. The first-order valence-electron chi connectivity index (χ1n) is 6.07. The lowest BCUT2D eigenvalue weighted by molar-refractivity contribution is 0.0694. The largest absolute Gasteiger partial charge is 0.543 e. The topological polar surface area (TPSA) is 46.5 Å². The van der Waals surface area contributed by atoms with Gasteiger partial charge in [0, 0.05) is 0 Å². The lowest BCUT2D eigenvalue weighted by Crippen LogP contribution is -2.44. The molecule has 0 heterocycles. The lowest BCUT2D eigenvalue weighted by atomic mass is 10.1. The van der Waals surface area contributed by atoms with Crippen LogP contribution in [0.15, 0.2) is 18.2 Å². The molecule has 0 aliphatic carbocycles. The minimum absolute atomic E-state index is 0.0493. The van der Waals surface area contributed by atoms with Gasteiger partial charge >= 0.3 is 5.97 Å². The van der Waals surface area contributed by atoms with Crippen molar-refractivity contribution >= 4 is 14.3 Å². The first-order chi connectivity index (χ1) is 8.04. The predicted octanol–water partition coefficient (Wildman–Crippen LogP) is 4.08. The maximum atomic E-state index is 11.2. The number of carbonyl (C=O) groups is 1. The zero-order valence-electron chi connectivity index (χ0n) is 12.0. The highest BCUT2D eigenvalue weighted by Crippen LogP contribution is 2.38. The molecule has 0 amide bonds. The van der Waals surface area contributed by atoms with Crippen LogP contribution in [0.25, 0.3) is 0 Å². The number of rotatable bonds is 3. The van der Waals surface area contributed by atoms with E-state index >= 15 is 0 Å². The highest BCUT2D eigenvalue weighted by atomic mass is 28.4. The summed E-state index contributed by atoms with van der Waals surface area (Å²) in [6.45, 7) is 12.5. The summed E-state index contributed by atoms with van der Waals surface area (Å²) < 4.78 is 6.07.